The highest BCUT2D eigenvalue weighted by molar-refractivity contribution is 5.98. The smallest absolute Gasteiger partial charge is 0.282 e. The first-order valence-electron chi connectivity index (χ1n) is 8.55. The van der Waals surface area contributed by atoms with Crippen molar-refractivity contribution in [3.8, 4) is 0 Å². The number of carbonyl (C=O) groups excluding carboxylic acids is 1. The van der Waals surface area contributed by atoms with Crippen LogP contribution in [0.5, 0.6) is 0 Å². The Kier molecular flexibility index (Phi) is 6.10. The summed E-state index contributed by atoms with van der Waals surface area (Å²) < 4.78 is 5.33. The van der Waals surface area contributed by atoms with E-state index in [1.165, 1.54) is 24.5 Å². The third-order valence-electron chi connectivity index (χ3n) is 4.05. The van der Waals surface area contributed by atoms with Crippen molar-refractivity contribution in [1.29, 1.82) is 0 Å². The number of benzene rings is 1. The van der Waals surface area contributed by atoms with E-state index in [1.807, 2.05) is 6.07 Å². The van der Waals surface area contributed by atoms with E-state index >= 15 is 0 Å². The Labute approximate surface area is 155 Å². The lowest BCUT2D eigenvalue weighted by Gasteiger charge is -2.27. The normalized spacial score (nSPS) is 13.9. The monoisotopic (exact) mass is 372 g/mol. The van der Waals surface area contributed by atoms with Gasteiger partial charge in [-0.15, -0.1) is 0 Å². The van der Waals surface area contributed by atoms with E-state index in [0.29, 0.717) is 32.1 Å². The van der Waals surface area contributed by atoms with Gasteiger partial charge in [0, 0.05) is 38.3 Å². The molecule has 2 heterocycles. The van der Waals surface area contributed by atoms with Crippen molar-refractivity contribution in [2.45, 2.75) is 0 Å². The van der Waals surface area contributed by atoms with Gasteiger partial charge in [0.25, 0.3) is 11.6 Å². The largest absolute Gasteiger partial charge is 0.378 e. The highest BCUT2D eigenvalue weighted by Gasteiger charge is 2.18. The molecule has 10 nitrogen and oxygen atoms in total. The third kappa shape index (κ3) is 4.88. The maximum atomic E-state index is 12.2. The Hall–Kier alpha value is -3.27. The summed E-state index contributed by atoms with van der Waals surface area (Å²) >= 11 is 0. The second-order valence-electron chi connectivity index (χ2n) is 5.82. The standard InChI is InChI=1S/C17H20N6O4/c24-17(13-3-1-2-4-14(13)23(25)26)19-6-5-18-15-11-16(21-12-20-15)22-7-9-27-10-8-22/h1-4,11-12H,5-10H2,(H,19,24)(H,18,20,21). The Bertz CT molecular complexity index is 810. The molecule has 10 heteroatoms. The van der Waals surface area contributed by atoms with Gasteiger partial charge >= 0.3 is 0 Å². The molecule has 1 fully saturated rings. The first kappa shape index (κ1) is 18.5. The van der Waals surface area contributed by atoms with Gasteiger partial charge in [0.15, 0.2) is 0 Å². The van der Waals surface area contributed by atoms with E-state index in [4.69, 9.17) is 4.74 Å². The Morgan fingerprint density at radius 2 is 2.00 bits per heavy atom. The van der Waals surface area contributed by atoms with Gasteiger partial charge in [-0.1, -0.05) is 12.1 Å². The molecule has 1 aromatic heterocycles. The van der Waals surface area contributed by atoms with Crippen molar-refractivity contribution in [1.82, 2.24) is 15.3 Å². The van der Waals surface area contributed by atoms with E-state index in [0.717, 1.165) is 18.9 Å². The van der Waals surface area contributed by atoms with Crippen LogP contribution in [0.4, 0.5) is 17.3 Å². The van der Waals surface area contributed by atoms with Crippen LogP contribution >= 0.6 is 0 Å². The van der Waals surface area contributed by atoms with Crippen LogP contribution in [0.1, 0.15) is 10.4 Å². The molecular formula is C17H20N6O4. The van der Waals surface area contributed by atoms with Crippen LogP contribution in [-0.4, -0.2) is 60.2 Å². The van der Waals surface area contributed by atoms with Gasteiger partial charge in [-0.05, 0) is 6.07 Å². The van der Waals surface area contributed by atoms with Crippen LogP contribution in [-0.2, 0) is 4.74 Å². The minimum atomic E-state index is -0.568. The van der Waals surface area contributed by atoms with Gasteiger partial charge in [-0.2, -0.15) is 0 Å². The van der Waals surface area contributed by atoms with Gasteiger partial charge in [0.2, 0.25) is 0 Å². The minimum absolute atomic E-state index is 0.0409. The maximum absolute atomic E-state index is 12.2. The zero-order valence-electron chi connectivity index (χ0n) is 14.6. The van der Waals surface area contributed by atoms with Crippen LogP contribution in [0.3, 0.4) is 0 Å². The number of nitrogens with one attached hydrogen (secondary N) is 2. The van der Waals surface area contributed by atoms with Crippen LogP contribution < -0.4 is 15.5 Å². The summed E-state index contributed by atoms with van der Waals surface area (Å²) in [6.07, 6.45) is 1.49. The molecule has 2 aromatic rings. The van der Waals surface area contributed by atoms with E-state index in [1.54, 1.807) is 6.07 Å². The zero-order valence-corrected chi connectivity index (χ0v) is 14.6. The molecule has 0 atom stereocenters. The molecule has 0 unspecified atom stereocenters. The summed E-state index contributed by atoms with van der Waals surface area (Å²) in [5, 5.41) is 16.8. The van der Waals surface area contributed by atoms with E-state index in [-0.39, 0.29) is 11.3 Å². The molecule has 1 aliphatic heterocycles. The number of ether oxygens (including phenoxy) is 1. The lowest BCUT2D eigenvalue weighted by atomic mass is 10.1. The van der Waals surface area contributed by atoms with Gasteiger partial charge in [-0.3, -0.25) is 14.9 Å². The molecule has 27 heavy (non-hydrogen) atoms. The van der Waals surface area contributed by atoms with Crippen molar-refractivity contribution >= 4 is 23.2 Å². The minimum Gasteiger partial charge on any atom is -0.378 e. The van der Waals surface area contributed by atoms with Crippen LogP contribution in [0.15, 0.2) is 36.7 Å². The van der Waals surface area contributed by atoms with Crippen LogP contribution in [0, 0.1) is 10.1 Å². The zero-order chi connectivity index (χ0) is 19.1. The first-order chi connectivity index (χ1) is 13.1. The fourth-order valence-corrected chi connectivity index (χ4v) is 2.70. The molecule has 3 rings (SSSR count). The molecule has 1 amide bonds. The quantitative estimate of drug-likeness (QED) is 0.420. The molecular weight excluding hydrogens is 352 g/mol. The third-order valence-corrected chi connectivity index (χ3v) is 4.05. The number of carbonyl (C=O) groups is 1. The first-order valence-corrected chi connectivity index (χ1v) is 8.55. The summed E-state index contributed by atoms with van der Waals surface area (Å²) in [6.45, 7) is 3.62. The number of nitro groups is 1. The molecule has 0 bridgehead atoms. The van der Waals surface area contributed by atoms with Crippen molar-refractivity contribution in [3.63, 3.8) is 0 Å². The second kappa shape index (κ2) is 8.90. The van der Waals surface area contributed by atoms with E-state index < -0.39 is 10.8 Å². The fourth-order valence-electron chi connectivity index (χ4n) is 2.70. The van der Waals surface area contributed by atoms with Crippen LogP contribution in [0.25, 0.3) is 0 Å². The highest BCUT2D eigenvalue weighted by Crippen LogP contribution is 2.17. The molecule has 1 aliphatic rings. The fraction of sp³-hybridized carbons (Fsp3) is 0.353. The summed E-state index contributed by atoms with van der Waals surface area (Å²) in [6, 6.07) is 7.70. The number of nitrogens with zero attached hydrogens (tertiary/aromatic N) is 4. The number of aromatic nitrogens is 2. The molecule has 0 saturated carbocycles. The number of hydrogen-bond donors (Lipinski definition) is 2. The summed E-state index contributed by atoms with van der Waals surface area (Å²) in [4.78, 5) is 33.1. The average Bonchev–Trinajstić information content (AvgIpc) is 2.72. The summed E-state index contributed by atoms with van der Waals surface area (Å²) in [5.74, 6) is 0.979. The van der Waals surface area contributed by atoms with Gasteiger partial charge in [-0.25, -0.2) is 9.97 Å². The Morgan fingerprint density at radius 3 is 2.78 bits per heavy atom. The molecule has 2 N–H and O–H groups in total. The highest BCUT2D eigenvalue weighted by atomic mass is 16.6. The number of hydrogen-bond acceptors (Lipinski definition) is 8. The molecule has 0 aliphatic carbocycles. The van der Waals surface area contributed by atoms with Crippen molar-refractivity contribution < 1.29 is 14.5 Å². The number of anilines is 2. The second-order valence-corrected chi connectivity index (χ2v) is 5.82. The molecule has 0 spiro atoms. The predicted octanol–water partition coefficient (Wildman–Crippen LogP) is 1.06. The Morgan fingerprint density at radius 1 is 1.22 bits per heavy atom. The maximum Gasteiger partial charge on any atom is 0.282 e. The SMILES string of the molecule is O=C(NCCNc1cc(N2CCOCC2)ncn1)c1ccccc1[N+](=O)[O-]. The van der Waals surface area contributed by atoms with Crippen LogP contribution in [0.2, 0.25) is 0 Å². The topological polar surface area (TPSA) is 123 Å². The van der Waals surface area contributed by atoms with Crippen molar-refractivity contribution in [2.75, 3.05) is 49.6 Å². The number of para-hydroxylation sites is 1. The number of amides is 1. The average molecular weight is 372 g/mol. The molecule has 1 saturated heterocycles. The molecule has 1 aromatic carbocycles. The van der Waals surface area contributed by atoms with Gasteiger partial charge in [0.1, 0.15) is 23.5 Å². The number of nitro benzene ring substituents is 1. The lowest BCUT2D eigenvalue weighted by molar-refractivity contribution is -0.385. The van der Waals surface area contributed by atoms with Gasteiger partial charge < -0.3 is 20.3 Å². The molecule has 142 valence electrons. The van der Waals surface area contributed by atoms with E-state index in [9.17, 15) is 14.9 Å². The van der Waals surface area contributed by atoms with Crippen molar-refractivity contribution in [3.05, 3.63) is 52.3 Å². The lowest BCUT2D eigenvalue weighted by Crippen LogP contribution is -2.36. The number of morpholine rings is 1. The predicted molar refractivity (Wildman–Crippen MR) is 99.0 cm³/mol. The van der Waals surface area contributed by atoms with E-state index in [2.05, 4.69) is 25.5 Å². The van der Waals surface area contributed by atoms with Gasteiger partial charge in [0.05, 0.1) is 18.1 Å². The van der Waals surface area contributed by atoms with Crippen molar-refractivity contribution in [2.24, 2.45) is 0 Å². The number of rotatable bonds is 7. The Balaban J connectivity index is 1.50. The molecule has 0 radical (unpaired) electrons. The summed E-state index contributed by atoms with van der Waals surface area (Å²) in [5.41, 5.74) is -0.173. The summed E-state index contributed by atoms with van der Waals surface area (Å²) in [7, 11) is 0.